The number of hydrogen-bond acceptors (Lipinski definition) is 2. The third-order valence-corrected chi connectivity index (χ3v) is 2.94. The minimum Gasteiger partial charge on any atom is -0.388 e. The van der Waals surface area contributed by atoms with Crippen LogP contribution in [0.5, 0.6) is 0 Å². The summed E-state index contributed by atoms with van der Waals surface area (Å²) in [5.74, 6) is 0. The Balaban J connectivity index is 2.08. The van der Waals surface area contributed by atoms with Crippen LogP contribution >= 0.6 is 15.9 Å². The number of hydrogen-bond donors (Lipinski definition) is 1. The molecule has 0 fully saturated rings. The zero-order chi connectivity index (χ0) is 11.4. The Kier molecular flexibility index (Phi) is 3.70. The van der Waals surface area contributed by atoms with E-state index in [1.54, 1.807) is 12.4 Å². The smallest absolute Gasteiger partial charge is 0.0845 e. The maximum absolute atomic E-state index is 9.99. The topological polar surface area (TPSA) is 33.1 Å². The van der Waals surface area contributed by atoms with Gasteiger partial charge in [-0.3, -0.25) is 4.98 Å². The maximum atomic E-state index is 9.99. The Bertz CT molecular complexity index is 441. The number of rotatable bonds is 3. The second-order valence-corrected chi connectivity index (χ2v) is 4.55. The molecule has 0 amide bonds. The van der Waals surface area contributed by atoms with Crippen LogP contribution in [0.2, 0.25) is 0 Å². The fraction of sp³-hybridized carbons (Fsp3) is 0.154. The summed E-state index contributed by atoms with van der Waals surface area (Å²) in [7, 11) is 0. The van der Waals surface area contributed by atoms with Crippen molar-refractivity contribution in [3.05, 3.63) is 64.4 Å². The Morgan fingerprint density at radius 3 is 2.56 bits per heavy atom. The van der Waals surface area contributed by atoms with Gasteiger partial charge in [0.1, 0.15) is 0 Å². The fourth-order valence-electron chi connectivity index (χ4n) is 1.53. The van der Waals surface area contributed by atoms with Gasteiger partial charge in [-0.05, 0) is 29.3 Å². The molecule has 82 valence electrons. The molecule has 2 aromatic rings. The first-order chi connectivity index (χ1) is 7.75. The van der Waals surface area contributed by atoms with Gasteiger partial charge < -0.3 is 5.11 Å². The first kappa shape index (κ1) is 11.3. The molecule has 1 aromatic carbocycles. The van der Waals surface area contributed by atoms with Crippen molar-refractivity contribution < 1.29 is 5.11 Å². The van der Waals surface area contributed by atoms with Crippen molar-refractivity contribution in [2.24, 2.45) is 0 Å². The molecule has 0 spiro atoms. The average Bonchev–Trinajstić information content (AvgIpc) is 2.33. The lowest BCUT2D eigenvalue weighted by Gasteiger charge is -2.10. The lowest BCUT2D eigenvalue weighted by molar-refractivity contribution is 0.178. The lowest BCUT2D eigenvalue weighted by atomic mass is 10.0. The van der Waals surface area contributed by atoms with Gasteiger partial charge in [0, 0.05) is 23.3 Å². The summed E-state index contributed by atoms with van der Waals surface area (Å²) in [6.07, 6.45) is 3.52. The average molecular weight is 278 g/mol. The molecule has 1 N–H and O–H groups in total. The van der Waals surface area contributed by atoms with Crippen LogP contribution in [-0.4, -0.2) is 10.1 Å². The van der Waals surface area contributed by atoms with Crippen molar-refractivity contribution in [3.8, 4) is 0 Å². The van der Waals surface area contributed by atoms with Crippen LogP contribution in [-0.2, 0) is 6.42 Å². The predicted molar refractivity (Wildman–Crippen MR) is 67.0 cm³/mol. The molecule has 1 aromatic heterocycles. The van der Waals surface area contributed by atoms with Crippen molar-refractivity contribution in [2.45, 2.75) is 12.5 Å². The zero-order valence-electron chi connectivity index (χ0n) is 8.68. The molecule has 1 atom stereocenters. The highest BCUT2D eigenvalue weighted by Gasteiger charge is 2.07. The van der Waals surface area contributed by atoms with E-state index in [0.717, 1.165) is 15.6 Å². The standard InChI is InChI=1S/C13H12BrNO/c14-12-5-3-10(4-6-12)8-13(16)11-2-1-7-15-9-11/h1-7,9,13,16H,8H2. The molecule has 0 bridgehead atoms. The van der Waals surface area contributed by atoms with Crippen LogP contribution in [0, 0.1) is 0 Å². The van der Waals surface area contributed by atoms with Gasteiger partial charge in [-0.1, -0.05) is 34.1 Å². The van der Waals surface area contributed by atoms with Crippen molar-refractivity contribution in [3.63, 3.8) is 0 Å². The van der Waals surface area contributed by atoms with Crippen LogP contribution in [0.4, 0.5) is 0 Å². The van der Waals surface area contributed by atoms with Crippen molar-refractivity contribution in [2.75, 3.05) is 0 Å². The van der Waals surface area contributed by atoms with Gasteiger partial charge in [0.15, 0.2) is 0 Å². The highest BCUT2D eigenvalue weighted by atomic mass is 79.9. The number of halogens is 1. The maximum Gasteiger partial charge on any atom is 0.0845 e. The van der Waals surface area contributed by atoms with Crippen LogP contribution in [0.3, 0.4) is 0 Å². The van der Waals surface area contributed by atoms with Gasteiger partial charge in [0.2, 0.25) is 0 Å². The Labute approximate surface area is 103 Å². The van der Waals surface area contributed by atoms with E-state index in [-0.39, 0.29) is 0 Å². The van der Waals surface area contributed by atoms with Crippen LogP contribution in [0.15, 0.2) is 53.3 Å². The van der Waals surface area contributed by atoms with Gasteiger partial charge in [0.05, 0.1) is 6.10 Å². The van der Waals surface area contributed by atoms with Gasteiger partial charge in [-0.2, -0.15) is 0 Å². The highest BCUT2D eigenvalue weighted by Crippen LogP contribution is 2.18. The Hall–Kier alpha value is -1.19. The van der Waals surface area contributed by atoms with E-state index in [4.69, 9.17) is 0 Å². The summed E-state index contributed by atoms with van der Waals surface area (Å²) in [5, 5.41) is 9.99. The molecule has 0 aliphatic heterocycles. The second-order valence-electron chi connectivity index (χ2n) is 3.63. The van der Waals surface area contributed by atoms with Crippen LogP contribution in [0.25, 0.3) is 0 Å². The quantitative estimate of drug-likeness (QED) is 0.935. The Morgan fingerprint density at radius 1 is 1.19 bits per heavy atom. The number of benzene rings is 1. The third-order valence-electron chi connectivity index (χ3n) is 2.41. The number of aliphatic hydroxyl groups is 1. The van der Waals surface area contributed by atoms with Crippen molar-refractivity contribution >= 4 is 15.9 Å². The Morgan fingerprint density at radius 2 is 1.94 bits per heavy atom. The molecule has 0 radical (unpaired) electrons. The summed E-state index contributed by atoms with van der Waals surface area (Å²) >= 11 is 3.38. The lowest BCUT2D eigenvalue weighted by Crippen LogP contribution is -2.01. The summed E-state index contributed by atoms with van der Waals surface area (Å²) in [5.41, 5.74) is 1.96. The SMILES string of the molecule is OC(Cc1ccc(Br)cc1)c1cccnc1. The molecule has 3 heteroatoms. The predicted octanol–water partition coefficient (Wildman–Crippen LogP) is 3.12. The number of aromatic nitrogens is 1. The molecule has 16 heavy (non-hydrogen) atoms. The number of aliphatic hydroxyl groups excluding tert-OH is 1. The normalized spacial score (nSPS) is 12.4. The first-order valence-corrected chi connectivity index (χ1v) is 5.87. The zero-order valence-corrected chi connectivity index (χ0v) is 10.3. The molecule has 1 unspecified atom stereocenters. The molecule has 1 heterocycles. The van der Waals surface area contributed by atoms with Gasteiger partial charge in [-0.15, -0.1) is 0 Å². The van der Waals surface area contributed by atoms with Crippen molar-refractivity contribution in [1.82, 2.24) is 4.98 Å². The largest absolute Gasteiger partial charge is 0.388 e. The van der Waals surface area contributed by atoms with E-state index in [1.165, 1.54) is 0 Å². The third kappa shape index (κ3) is 2.90. The van der Waals surface area contributed by atoms with Gasteiger partial charge in [-0.25, -0.2) is 0 Å². The molecule has 0 saturated heterocycles. The van der Waals surface area contributed by atoms with E-state index in [1.807, 2.05) is 36.4 Å². The number of pyridine rings is 1. The molecule has 0 aliphatic carbocycles. The van der Waals surface area contributed by atoms with E-state index in [9.17, 15) is 5.11 Å². The van der Waals surface area contributed by atoms with E-state index in [2.05, 4.69) is 20.9 Å². The summed E-state index contributed by atoms with van der Waals surface area (Å²) in [6, 6.07) is 11.7. The molecule has 0 saturated carbocycles. The van der Waals surface area contributed by atoms with Crippen molar-refractivity contribution in [1.29, 1.82) is 0 Å². The highest BCUT2D eigenvalue weighted by molar-refractivity contribution is 9.10. The molecule has 0 aliphatic rings. The van der Waals surface area contributed by atoms with E-state index in [0.29, 0.717) is 6.42 Å². The van der Waals surface area contributed by atoms with Gasteiger partial charge >= 0.3 is 0 Å². The minimum atomic E-state index is -0.491. The first-order valence-electron chi connectivity index (χ1n) is 5.08. The van der Waals surface area contributed by atoms with E-state index >= 15 is 0 Å². The minimum absolute atomic E-state index is 0.491. The van der Waals surface area contributed by atoms with Gasteiger partial charge in [0.25, 0.3) is 0 Å². The molecular formula is C13H12BrNO. The summed E-state index contributed by atoms with van der Waals surface area (Å²) in [6.45, 7) is 0. The summed E-state index contributed by atoms with van der Waals surface area (Å²) < 4.78 is 1.05. The monoisotopic (exact) mass is 277 g/mol. The molecule has 2 nitrogen and oxygen atoms in total. The molecular weight excluding hydrogens is 266 g/mol. The summed E-state index contributed by atoms with van der Waals surface area (Å²) in [4.78, 5) is 3.99. The number of nitrogens with zero attached hydrogens (tertiary/aromatic N) is 1. The second kappa shape index (κ2) is 5.23. The van der Waals surface area contributed by atoms with E-state index < -0.39 is 6.10 Å². The molecule has 2 rings (SSSR count). The fourth-order valence-corrected chi connectivity index (χ4v) is 1.80. The van der Waals surface area contributed by atoms with Crippen LogP contribution < -0.4 is 0 Å². The van der Waals surface area contributed by atoms with Crippen LogP contribution in [0.1, 0.15) is 17.2 Å².